The van der Waals surface area contributed by atoms with E-state index in [1.54, 1.807) is 12.1 Å². The molecule has 0 bridgehead atoms. The maximum atomic E-state index is 12.1. The summed E-state index contributed by atoms with van der Waals surface area (Å²) < 4.78 is 40.0. The van der Waals surface area contributed by atoms with Crippen molar-refractivity contribution in [3.63, 3.8) is 0 Å². The summed E-state index contributed by atoms with van der Waals surface area (Å²) in [6, 6.07) is 5.89. The summed E-state index contributed by atoms with van der Waals surface area (Å²) in [5.41, 5.74) is 0.924. The van der Waals surface area contributed by atoms with Gasteiger partial charge in [-0.05, 0) is 37.5 Å². The molecule has 132 valence electrons. The molecule has 0 amide bonds. The minimum Gasteiger partial charge on any atom is -0.406 e. The standard InChI is InChI=1S/C15H22F3N3O.HI/c1-3-10-20-14(19-4-2)21-11-9-12-5-7-13(8-6-12)22-15(16,17)18;/h5-8H,3-4,9-11H2,1-2H3,(H2,19,20,21);1H. The van der Waals surface area contributed by atoms with Crippen LogP contribution >= 0.6 is 24.0 Å². The second-order valence-corrected chi connectivity index (χ2v) is 4.63. The summed E-state index contributed by atoms with van der Waals surface area (Å²) in [6.45, 7) is 6.22. The largest absolute Gasteiger partial charge is 0.573 e. The molecule has 0 atom stereocenters. The Morgan fingerprint density at radius 2 is 1.78 bits per heavy atom. The van der Waals surface area contributed by atoms with Crippen LogP contribution in [0.15, 0.2) is 29.3 Å². The van der Waals surface area contributed by atoms with Crippen LogP contribution in [0.4, 0.5) is 13.2 Å². The minimum absolute atomic E-state index is 0. The Balaban J connectivity index is 0.00000484. The van der Waals surface area contributed by atoms with Gasteiger partial charge in [-0.15, -0.1) is 37.1 Å². The quantitative estimate of drug-likeness (QED) is 0.382. The summed E-state index contributed by atoms with van der Waals surface area (Å²) in [7, 11) is 0. The van der Waals surface area contributed by atoms with Crippen LogP contribution in [-0.4, -0.2) is 32.0 Å². The molecular weight excluding hydrogens is 422 g/mol. The van der Waals surface area contributed by atoms with Crippen LogP contribution in [0.3, 0.4) is 0 Å². The Morgan fingerprint density at radius 1 is 1.13 bits per heavy atom. The third kappa shape index (κ3) is 10.2. The fourth-order valence-electron chi connectivity index (χ4n) is 1.75. The number of benzene rings is 1. The average Bonchev–Trinajstić information content (AvgIpc) is 2.45. The maximum absolute atomic E-state index is 12.1. The maximum Gasteiger partial charge on any atom is 0.573 e. The van der Waals surface area contributed by atoms with Crippen LogP contribution in [0.25, 0.3) is 0 Å². The number of halogens is 4. The van der Waals surface area contributed by atoms with Crippen LogP contribution < -0.4 is 15.4 Å². The fourth-order valence-corrected chi connectivity index (χ4v) is 1.75. The summed E-state index contributed by atoms with van der Waals surface area (Å²) in [5.74, 6) is 0.545. The van der Waals surface area contributed by atoms with E-state index in [0.717, 1.165) is 31.0 Å². The Hall–Kier alpha value is -1.19. The molecular formula is C15H23F3IN3O. The molecule has 0 heterocycles. The molecule has 8 heteroatoms. The number of nitrogens with zero attached hydrogens (tertiary/aromatic N) is 1. The van der Waals surface area contributed by atoms with Gasteiger partial charge >= 0.3 is 6.36 Å². The Kier molecular flexibility index (Phi) is 10.8. The summed E-state index contributed by atoms with van der Waals surface area (Å²) in [5, 5.41) is 6.32. The molecule has 0 aliphatic carbocycles. The first-order valence-corrected chi connectivity index (χ1v) is 7.31. The number of aliphatic imine (C=N–C) groups is 1. The smallest absolute Gasteiger partial charge is 0.406 e. The van der Waals surface area contributed by atoms with Gasteiger partial charge in [0.05, 0.1) is 0 Å². The minimum atomic E-state index is -4.65. The zero-order valence-electron chi connectivity index (χ0n) is 13.2. The highest BCUT2D eigenvalue weighted by Crippen LogP contribution is 2.22. The van der Waals surface area contributed by atoms with Crippen LogP contribution in [-0.2, 0) is 6.42 Å². The van der Waals surface area contributed by atoms with E-state index in [-0.39, 0.29) is 29.7 Å². The normalized spacial score (nSPS) is 11.6. The Bertz CT molecular complexity index is 464. The lowest BCUT2D eigenvalue weighted by molar-refractivity contribution is -0.274. The zero-order valence-corrected chi connectivity index (χ0v) is 15.6. The molecule has 1 aromatic carbocycles. The van der Waals surface area contributed by atoms with E-state index >= 15 is 0 Å². The average molecular weight is 445 g/mol. The monoisotopic (exact) mass is 445 g/mol. The van der Waals surface area contributed by atoms with Gasteiger partial charge in [-0.25, -0.2) is 0 Å². The van der Waals surface area contributed by atoms with E-state index in [9.17, 15) is 13.2 Å². The van der Waals surface area contributed by atoms with Gasteiger partial charge in [0, 0.05) is 19.6 Å². The number of nitrogens with one attached hydrogen (secondary N) is 2. The van der Waals surface area contributed by atoms with Crippen LogP contribution in [0.1, 0.15) is 25.8 Å². The van der Waals surface area contributed by atoms with E-state index in [0.29, 0.717) is 13.0 Å². The molecule has 23 heavy (non-hydrogen) atoms. The fraction of sp³-hybridized carbons (Fsp3) is 0.533. The van der Waals surface area contributed by atoms with Gasteiger partial charge in [-0.3, -0.25) is 4.99 Å². The topological polar surface area (TPSA) is 45.7 Å². The molecule has 0 saturated heterocycles. The van der Waals surface area contributed by atoms with Crippen molar-refractivity contribution < 1.29 is 17.9 Å². The lowest BCUT2D eigenvalue weighted by Gasteiger charge is -2.12. The number of guanidine groups is 1. The Labute approximate surface area is 151 Å². The summed E-state index contributed by atoms with van der Waals surface area (Å²) in [6.07, 6.45) is -3.00. The number of ether oxygens (including phenoxy) is 1. The van der Waals surface area contributed by atoms with Crippen molar-refractivity contribution in [2.75, 3.05) is 19.6 Å². The van der Waals surface area contributed by atoms with Crippen LogP contribution in [0, 0.1) is 0 Å². The second kappa shape index (κ2) is 11.4. The van der Waals surface area contributed by atoms with Gasteiger partial charge in [0.25, 0.3) is 0 Å². The molecule has 0 aliphatic heterocycles. The Morgan fingerprint density at radius 3 is 2.30 bits per heavy atom. The first-order chi connectivity index (χ1) is 10.4. The van der Waals surface area contributed by atoms with E-state index in [1.807, 2.05) is 6.92 Å². The van der Waals surface area contributed by atoms with E-state index in [1.165, 1.54) is 12.1 Å². The van der Waals surface area contributed by atoms with E-state index < -0.39 is 6.36 Å². The van der Waals surface area contributed by atoms with Crippen LogP contribution in [0.2, 0.25) is 0 Å². The van der Waals surface area contributed by atoms with Crippen molar-refractivity contribution in [2.24, 2.45) is 4.99 Å². The van der Waals surface area contributed by atoms with Crippen molar-refractivity contribution in [1.82, 2.24) is 10.6 Å². The molecule has 0 unspecified atom stereocenters. The van der Waals surface area contributed by atoms with Crippen molar-refractivity contribution >= 4 is 29.9 Å². The van der Waals surface area contributed by atoms with Crippen molar-refractivity contribution in [1.29, 1.82) is 0 Å². The molecule has 1 aromatic rings. The molecule has 4 nitrogen and oxygen atoms in total. The van der Waals surface area contributed by atoms with Gasteiger partial charge < -0.3 is 15.4 Å². The van der Waals surface area contributed by atoms with Crippen molar-refractivity contribution in [3.05, 3.63) is 29.8 Å². The first kappa shape index (κ1) is 21.8. The zero-order chi connectivity index (χ0) is 16.4. The lowest BCUT2D eigenvalue weighted by Crippen LogP contribution is -2.38. The highest BCUT2D eigenvalue weighted by atomic mass is 127. The molecule has 0 saturated carbocycles. The number of hydrogen-bond acceptors (Lipinski definition) is 2. The number of alkyl halides is 3. The van der Waals surface area contributed by atoms with Gasteiger partial charge in [0.1, 0.15) is 5.75 Å². The molecule has 1 rings (SSSR count). The van der Waals surface area contributed by atoms with E-state index in [2.05, 4.69) is 27.3 Å². The van der Waals surface area contributed by atoms with Gasteiger partial charge in [0.2, 0.25) is 0 Å². The lowest BCUT2D eigenvalue weighted by atomic mass is 10.1. The predicted molar refractivity (Wildman–Crippen MR) is 96.5 cm³/mol. The van der Waals surface area contributed by atoms with Crippen molar-refractivity contribution in [3.8, 4) is 5.75 Å². The summed E-state index contributed by atoms with van der Waals surface area (Å²) in [4.78, 5) is 4.37. The third-order valence-corrected chi connectivity index (χ3v) is 2.70. The molecule has 0 aromatic heterocycles. The van der Waals surface area contributed by atoms with Gasteiger partial charge in [-0.2, -0.15) is 0 Å². The molecule has 2 N–H and O–H groups in total. The predicted octanol–water partition coefficient (Wildman–Crippen LogP) is 3.71. The number of rotatable bonds is 7. The van der Waals surface area contributed by atoms with Gasteiger partial charge in [0.15, 0.2) is 5.96 Å². The second-order valence-electron chi connectivity index (χ2n) is 4.63. The third-order valence-electron chi connectivity index (χ3n) is 2.70. The highest BCUT2D eigenvalue weighted by molar-refractivity contribution is 14.0. The van der Waals surface area contributed by atoms with Gasteiger partial charge in [-0.1, -0.05) is 19.1 Å². The SMILES string of the molecule is CCCN=C(NCC)NCCc1ccc(OC(F)(F)F)cc1.I. The number of hydrogen-bond donors (Lipinski definition) is 2. The first-order valence-electron chi connectivity index (χ1n) is 7.31. The van der Waals surface area contributed by atoms with E-state index in [4.69, 9.17) is 0 Å². The summed E-state index contributed by atoms with van der Waals surface area (Å²) >= 11 is 0. The molecule has 0 fully saturated rings. The van der Waals surface area contributed by atoms with Crippen LogP contribution in [0.5, 0.6) is 5.75 Å². The highest BCUT2D eigenvalue weighted by Gasteiger charge is 2.30. The molecule has 0 aliphatic rings. The van der Waals surface area contributed by atoms with Crippen molar-refractivity contribution in [2.45, 2.75) is 33.1 Å². The molecule has 0 radical (unpaired) electrons. The molecule has 0 spiro atoms.